The molecule has 4 rings (SSSR count). The van der Waals surface area contributed by atoms with Gasteiger partial charge in [0.25, 0.3) is 5.91 Å². The van der Waals surface area contributed by atoms with Crippen LogP contribution in [-0.2, 0) is 0 Å². The second kappa shape index (κ2) is 6.51. The molecule has 0 fully saturated rings. The van der Waals surface area contributed by atoms with Crippen molar-refractivity contribution in [2.24, 2.45) is 0 Å². The molecule has 3 aromatic rings. The van der Waals surface area contributed by atoms with E-state index in [-0.39, 0.29) is 5.91 Å². The third kappa shape index (κ3) is 3.05. The molecule has 0 saturated heterocycles. The third-order valence-corrected chi connectivity index (χ3v) is 4.48. The van der Waals surface area contributed by atoms with Crippen molar-refractivity contribution >= 4 is 17.4 Å². The van der Waals surface area contributed by atoms with E-state index >= 15 is 0 Å². The largest absolute Gasteiger partial charge is 0.370 e. The first kappa shape index (κ1) is 15.6. The normalized spacial score (nSPS) is 15.7. The summed E-state index contributed by atoms with van der Waals surface area (Å²) < 4.78 is 1.74. The minimum atomic E-state index is -0.0556. The first-order valence-corrected chi connectivity index (χ1v) is 8.52. The van der Waals surface area contributed by atoms with Crippen LogP contribution >= 0.6 is 0 Å². The predicted molar refractivity (Wildman–Crippen MR) is 95.5 cm³/mol. The Hall–Kier alpha value is -2.96. The zero-order valence-corrected chi connectivity index (χ0v) is 14.1. The topological polar surface area (TPSA) is 75.4 Å². The molecule has 1 amide bonds. The van der Waals surface area contributed by atoms with Gasteiger partial charge in [-0.05, 0) is 43.0 Å². The zero-order valence-electron chi connectivity index (χ0n) is 14.1. The summed E-state index contributed by atoms with van der Waals surface area (Å²) >= 11 is 0. The van der Waals surface area contributed by atoms with Gasteiger partial charge in [-0.3, -0.25) is 9.78 Å². The number of hydrogen-bond acceptors (Lipinski definition) is 5. The van der Waals surface area contributed by atoms with Crippen molar-refractivity contribution < 1.29 is 4.79 Å². The van der Waals surface area contributed by atoms with Gasteiger partial charge in [-0.1, -0.05) is 0 Å². The van der Waals surface area contributed by atoms with Gasteiger partial charge in [-0.15, -0.1) is 0 Å². The molecule has 128 valence electrons. The molecular formula is C18H20N6O. The fraction of sp³-hybridized carbons (Fsp3) is 0.333. The van der Waals surface area contributed by atoms with E-state index in [0.29, 0.717) is 5.69 Å². The van der Waals surface area contributed by atoms with E-state index in [4.69, 9.17) is 0 Å². The molecule has 0 spiro atoms. The van der Waals surface area contributed by atoms with Gasteiger partial charge in [0.1, 0.15) is 11.5 Å². The number of nitrogens with zero attached hydrogens (tertiary/aromatic N) is 5. The second-order valence-corrected chi connectivity index (χ2v) is 6.28. The number of nitrogens with one attached hydrogen (secondary N) is 1. The average molecular weight is 336 g/mol. The molecule has 1 N–H and O–H groups in total. The van der Waals surface area contributed by atoms with Crippen molar-refractivity contribution in [3.05, 3.63) is 42.5 Å². The molecule has 4 heterocycles. The van der Waals surface area contributed by atoms with Crippen LogP contribution in [0.5, 0.6) is 0 Å². The quantitative estimate of drug-likeness (QED) is 0.682. The number of carbonyl (C=O) groups is 1. The van der Waals surface area contributed by atoms with E-state index in [1.165, 1.54) is 0 Å². The summed E-state index contributed by atoms with van der Waals surface area (Å²) in [6, 6.07) is 5.63. The highest BCUT2D eigenvalue weighted by molar-refractivity contribution is 5.94. The summed E-state index contributed by atoms with van der Waals surface area (Å²) in [5, 5.41) is 7.73. The number of pyridine rings is 1. The molecule has 25 heavy (non-hydrogen) atoms. The number of carbonyl (C=O) groups excluding carboxylic acids is 1. The Morgan fingerprint density at radius 3 is 3.04 bits per heavy atom. The van der Waals surface area contributed by atoms with Gasteiger partial charge >= 0.3 is 0 Å². The maximum absolute atomic E-state index is 12.6. The van der Waals surface area contributed by atoms with Crippen molar-refractivity contribution in [2.75, 3.05) is 25.5 Å². The van der Waals surface area contributed by atoms with E-state index < -0.39 is 0 Å². The van der Waals surface area contributed by atoms with Gasteiger partial charge < -0.3 is 10.2 Å². The first-order valence-electron chi connectivity index (χ1n) is 8.52. The molecule has 1 aliphatic heterocycles. The number of hydrogen-bond donors (Lipinski definition) is 1. The van der Waals surface area contributed by atoms with Crippen molar-refractivity contribution in [2.45, 2.75) is 19.3 Å². The minimum Gasteiger partial charge on any atom is -0.370 e. The highest BCUT2D eigenvalue weighted by Gasteiger charge is 2.16. The lowest BCUT2D eigenvalue weighted by molar-refractivity contribution is 0.0787. The molecule has 3 aromatic heterocycles. The van der Waals surface area contributed by atoms with E-state index in [9.17, 15) is 4.79 Å². The van der Waals surface area contributed by atoms with Crippen molar-refractivity contribution in [1.29, 1.82) is 0 Å². The Kier molecular flexibility index (Phi) is 4.05. The van der Waals surface area contributed by atoms with Crippen LogP contribution < -0.4 is 5.32 Å². The molecule has 1 aliphatic rings. The molecule has 0 aliphatic carbocycles. The van der Waals surface area contributed by atoms with Gasteiger partial charge in [0.15, 0.2) is 5.65 Å². The molecule has 7 heteroatoms. The van der Waals surface area contributed by atoms with Crippen LogP contribution in [0.25, 0.3) is 16.8 Å². The number of anilines is 1. The molecule has 0 aromatic carbocycles. The second-order valence-electron chi connectivity index (χ2n) is 6.28. The summed E-state index contributed by atoms with van der Waals surface area (Å²) in [7, 11) is 1.83. The van der Waals surface area contributed by atoms with Crippen LogP contribution in [0.3, 0.4) is 0 Å². The third-order valence-electron chi connectivity index (χ3n) is 4.48. The number of rotatable bonds is 0. The summed E-state index contributed by atoms with van der Waals surface area (Å²) in [6.07, 6.45) is 8.40. The highest BCUT2D eigenvalue weighted by Crippen LogP contribution is 2.25. The van der Waals surface area contributed by atoms with E-state index in [0.717, 1.165) is 54.9 Å². The molecule has 0 saturated carbocycles. The van der Waals surface area contributed by atoms with Gasteiger partial charge in [0, 0.05) is 38.1 Å². The van der Waals surface area contributed by atoms with Gasteiger partial charge in [0.2, 0.25) is 0 Å². The van der Waals surface area contributed by atoms with Crippen LogP contribution in [0, 0.1) is 0 Å². The number of amides is 1. The average Bonchev–Trinajstić information content (AvgIpc) is 3.06. The summed E-state index contributed by atoms with van der Waals surface area (Å²) in [4.78, 5) is 23.3. The fourth-order valence-corrected chi connectivity index (χ4v) is 3.05. The fourth-order valence-electron chi connectivity index (χ4n) is 3.05. The lowest BCUT2D eigenvalue weighted by atomic mass is 10.1. The first-order chi connectivity index (χ1) is 12.2. The Morgan fingerprint density at radius 2 is 2.12 bits per heavy atom. The maximum atomic E-state index is 12.6. The molecule has 0 radical (unpaired) electrons. The van der Waals surface area contributed by atoms with Crippen molar-refractivity contribution in [1.82, 2.24) is 24.5 Å². The van der Waals surface area contributed by atoms with Crippen LogP contribution in [0.4, 0.5) is 5.82 Å². The van der Waals surface area contributed by atoms with Gasteiger partial charge in [0.05, 0.1) is 6.20 Å². The smallest absolute Gasteiger partial charge is 0.272 e. The lowest BCUT2D eigenvalue weighted by Crippen LogP contribution is -2.28. The maximum Gasteiger partial charge on any atom is 0.272 e. The molecule has 4 bridgehead atoms. The standard InChI is InChI=1S/C18H20N6O/c1-23-9-4-2-3-7-20-16-6-10-24-17(22-16)14(12-21-24)13-5-8-19-15(11-13)18(23)25/h5-6,8,10-12H,2-4,7,9H2,1H3,(H,20,22). The van der Waals surface area contributed by atoms with Gasteiger partial charge in [-0.25, -0.2) is 9.50 Å². The van der Waals surface area contributed by atoms with Crippen LogP contribution in [0.1, 0.15) is 29.8 Å². The van der Waals surface area contributed by atoms with E-state index in [2.05, 4.69) is 20.4 Å². The van der Waals surface area contributed by atoms with Crippen molar-refractivity contribution in [3.8, 4) is 11.1 Å². The SMILES string of the molecule is CN1CCCCCNc2ccn3ncc(c3n2)-c2ccnc(c2)C1=O. The zero-order chi connectivity index (χ0) is 17.2. The molecule has 7 nitrogen and oxygen atoms in total. The number of fused-ring (bicyclic) bond motifs is 4. The lowest BCUT2D eigenvalue weighted by Gasteiger charge is -2.16. The van der Waals surface area contributed by atoms with Crippen molar-refractivity contribution in [3.63, 3.8) is 0 Å². The van der Waals surface area contributed by atoms with E-state index in [1.54, 1.807) is 21.8 Å². The molecule has 0 unspecified atom stereocenters. The summed E-state index contributed by atoms with van der Waals surface area (Å²) in [5.74, 6) is 0.784. The monoisotopic (exact) mass is 336 g/mol. The number of aromatic nitrogens is 4. The predicted octanol–water partition coefficient (Wildman–Crippen LogP) is 2.46. The summed E-state index contributed by atoms with van der Waals surface area (Å²) in [5.41, 5.74) is 2.99. The van der Waals surface area contributed by atoms with Gasteiger partial charge in [-0.2, -0.15) is 5.10 Å². The molecule has 0 atom stereocenters. The Morgan fingerprint density at radius 1 is 1.20 bits per heavy atom. The van der Waals surface area contributed by atoms with Crippen LogP contribution in [0.2, 0.25) is 0 Å². The van der Waals surface area contributed by atoms with Crippen LogP contribution in [-0.4, -0.2) is 50.5 Å². The Labute approximate surface area is 145 Å². The molecular weight excluding hydrogens is 316 g/mol. The van der Waals surface area contributed by atoms with E-state index in [1.807, 2.05) is 31.4 Å². The minimum absolute atomic E-state index is 0.0556. The highest BCUT2D eigenvalue weighted by atomic mass is 16.2. The Bertz CT molecular complexity index is 919. The summed E-state index contributed by atoms with van der Waals surface area (Å²) in [6.45, 7) is 1.59. The van der Waals surface area contributed by atoms with Crippen LogP contribution in [0.15, 0.2) is 36.8 Å². The Balaban J connectivity index is 1.82.